The van der Waals surface area contributed by atoms with Crippen LogP contribution in [0.2, 0.25) is 0 Å². The fourth-order valence-electron chi connectivity index (χ4n) is 4.69. The molecule has 0 saturated heterocycles. The summed E-state index contributed by atoms with van der Waals surface area (Å²) in [4.78, 5) is 20.6. The number of allylic oxidation sites excluding steroid dienone is 4. The van der Waals surface area contributed by atoms with E-state index in [2.05, 4.69) is 38.2 Å². The first-order valence-corrected chi connectivity index (χ1v) is 17.3. The summed E-state index contributed by atoms with van der Waals surface area (Å²) in [6.45, 7) is 4.52. The molecule has 0 unspecified atom stereocenters. The minimum Gasteiger partial charge on any atom is -0.481 e. The van der Waals surface area contributed by atoms with Gasteiger partial charge in [0.05, 0.1) is 0 Å². The van der Waals surface area contributed by atoms with E-state index in [0.29, 0.717) is 12.8 Å². The summed E-state index contributed by atoms with van der Waals surface area (Å²) < 4.78 is 0. The Balaban J connectivity index is -0.000000688. The van der Waals surface area contributed by atoms with Crippen molar-refractivity contribution in [2.45, 2.75) is 194 Å². The number of carboxylic acids is 2. The Labute approximate surface area is 268 Å². The molecule has 0 aliphatic carbocycles. The second-order valence-corrected chi connectivity index (χ2v) is 11.5. The average Bonchev–Trinajstić information content (AvgIpc) is 2.93. The average molecular weight is 630 g/mol. The summed E-state index contributed by atoms with van der Waals surface area (Å²) in [5.74, 6) is -1.33. The summed E-state index contributed by atoms with van der Waals surface area (Å²) in [6.07, 6.45) is 42.5. The number of aliphatic carboxylic acids is 2. The molecule has 0 saturated carbocycles. The van der Waals surface area contributed by atoms with Gasteiger partial charge in [0.2, 0.25) is 0 Å². The maximum Gasteiger partial charge on any atom is 0.303 e. The van der Waals surface area contributed by atoms with E-state index in [1.54, 1.807) is 0 Å². The van der Waals surface area contributed by atoms with Crippen LogP contribution in [-0.2, 0) is 29.1 Å². The number of unbranched alkanes of at least 4 members (excludes halogenated alkanes) is 22. The summed E-state index contributed by atoms with van der Waals surface area (Å²) in [5.41, 5.74) is 0. The fourth-order valence-corrected chi connectivity index (χ4v) is 4.69. The van der Waals surface area contributed by atoms with Crippen molar-refractivity contribution in [3.05, 3.63) is 24.3 Å². The van der Waals surface area contributed by atoms with E-state index in [1.165, 1.54) is 141 Å². The maximum atomic E-state index is 10.3. The molecule has 0 rings (SSSR count). The van der Waals surface area contributed by atoms with Crippen molar-refractivity contribution in [1.82, 2.24) is 0 Å². The molecule has 0 bridgehead atoms. The van der Waals surface area contributed by atoms with Crippen molar-refractivity contribution in [2.24, 2.45) is 0 Å². The van der Waals surface area contributed by atoms with Crippen molar-refractivity contribution in [1.29, 1.82) is 0 Å². The van der Waals surface area contributed by atoms with Crippen LogP contribution in [0.3, 0.4) is 0 Å². The van der Waals surface area contributed by atoms with E-state index in [9.17, 15) is 9.59 Å². The SMILES string of the molecule is CCCCCCCC/C=C\CCCCCCCC(=O)O.CCCCCCCC/C=C\CCCCCCCC(=O)O.[Zn]. The third kappa shape index (κ3) is 49.1. The Morgan fingerprint density at radius 3 is 0.854 bits per heavy atom. The van der Waals surface area contributed by atoms with Gasteiger partial charge in [-0.05, 0) is 64.2 Å². The van der Waals surface area contributed by atoms with Crippen LogP contribution in [0.25, 0.3) is 0 Å². The van der Waals surface area contributed by atoms with Gasteiger partial charge in [-0.25, -0.2) is 0 Å². The number of hydrogen-bond donors (Lipinski definition) is 2. The molecule has 0 heterocycles. The van der Waals surface area contributed by atoms with E-state index >= 15 is 0 Å². The molecule has 0 aliphatic heterocycles. The van der Waals surface area contributed by atoms with E-state index in [1.807, 2.05) is 0 Å². The minimum absolute atomic E-state index is 0. The van der Waals surface area contributed by atoms with Gasteiger partial charge in [-0.2, -0.15) is 0 Å². The van der Waals surface area contributed by atoms with Crippen LogP contribution in [0.5, 0.6) is 0 Å². The molecule has 0 amide bonds. The fraction of sp³-hybridized carbons (Fsp3) is 0.833. The van der Waals surface area contributed by atoms with Gasteiger partial charge in [0.1, 0.15) is 0 Å². The molecule has 0 aromatic heterocycles. The molecule has 5 heteroatoms. The summed E-state index contributed by atoms with van der Waals surface area (Å²) in [6, 6.07) is 0. The zero-order valence-electron chi connectivity index (χ0n) is 27.5. The first-order chi connectivity index (χ1) is 19.5. The van der Waals surface area contributed by atoms with Gasteiger partial charge in [0.25, 0.3) is 0 Å². The largest absolute Gasteiger partial charge is 0.481 e. The third-order valence-electron chi connectivity index (χ3n) is 7.30. The molecule has 0 aromatic carbocycles. The number of hydrogen-bond acceptors (Lipinski definition) is 2. The first-order valence-electron chi connectivity index (χ1n) is 17.3. The predicted octanol–water partition coefficient (Wildman–Crippen LogP) is 12.2. The van der Waals surface area contributed by atoms with Gasteiger partial charge in [-0.3, -0.25) is 9.59 Å². The number of carbonyl (C=O) groups is 2. The van der Waals surface area contributed by atoms with Gasteiger partial charge in [-0.1, -0.05) is 141 Å². The number of rotatable bonds is 30. The van der Waals surface area contributed by atoms with Gasteiger partial charge in [0, 0.05) is 32.3 Å². The Morgan fingerprint density at radius 2 is 0.610 bits per heavy atom. The molecule has 0 aliphatic rings. The van der Waals surface area contributed by atoms with Crippen LogP contribution in [0.4, 0.5) is 0 Å². The molecule has 0 radical (unpaired) electrons. The van der Waals surface area contributed by atoms with E-state index in [0.717, 1.165) is 25.7 Å². The smallest absolute Gasteiger partial charge is 0.303 e. The summed E-state index contributed by atoms with van der Waals surface area (Å²) >= 11 is 0. The van der Waals surface area contributed by atoms with Crippen LogP contribution in [0.15, 0.2) is 24.3 Å². The Hall–Kier alpha value is -0.957. The van der Waals surface area contributed by atoms with Gasteiger partial charge >= 0.3 is 11.9 Å². The summed E-state index contributed by atoms with van der Waals surface area (Å²) in [5, 5.41) is 17.0. The van der Waals surface area contributed by atoms with Gasteiger partial charge in [0.15, 0.2) is 0 Å². The van der Waals surface area contributed by atoms with Crippen molar-refractivity contribution in [2.75, 3.05) is 0 Å². The van der Waals surface area contributed by atoms with Crippen LogP contribution >= 0.6 is 0 Å². The Morgan fingerprint density at radius 1 is 0.390 bits per heavy atom. The molecule has 0 aromatic rings. The van der Waals surface area contributed by atoms with Crippen LogP contribution < -0.4 is 0 Å². The third-order valence-corrected chi connectivity index (χ3v) is 7.30. The van der Waals surface area contributed by atoms with Crippen LogP contribution in [-0.4, -0.2) is 22.2 Å². The molecule has 0 atom stereocenters. The van der Waals surface area contributed by atoms with E-state index < -0.39 is 11.9 Å². The second-order valence-electron chi connectivity index (χ2n) is 11.5. The van der Waals surface area contributed by atoms with Crippen molar-refractivity contribution >= 4 is 11.9 Å². The van der Waals surface area contributed by atoms with E-state index in [-0.39, 0.29) is 19.5 Å². The summed E-state index contributed by atoms with van der Waals surface area (Å²) in [7, 11) is 0. The maximum absolute atomic E-state index is 10.3. The quantitative estimate of drug-likeness (QED) is 0.0471. The molecule has 0 fully saturated rings. The Kier molecular flexibility index (Phi) is 44.7. The van der Waals surface area contributed by atoms with Gasteiger partial charge < -0.3 is 10.2 Å². The van der Waals surface area contributed by atoms with Crippen molar-refractivity contribution in [3.63, 3.8) is 0 Å². The minimum atomic E-state index is -0.664. The standard InChI is InChI=1S/2C18H34O2.Zn/c2*1-2-3-4-5-6-7-8-9-10-11-12-13-14-15-16-17-18(19)20;/h2*9-10H,2-8,11-17H2,1H3,(H,19,20);/b2*10-9-;. The predicted molar refractivity (Wildman–Crippen MR) is 174 cm³/mol. The van der Waals surface area contributed by atoms with Crippen molar-refractivity contribution in [3.8, 4) is 0 Å². The van der Waals surface area contributed by atoms with Crippen molar-refractivity contribution < 1.29 is 39.3 Å². The van der Waals surface area contributed by atoms with Gasteiger partial charge in [-0.15, -0.1) is 0 Å². The monoisotopic (exact) mass is 628 g/mol. The van der Waals surface area contributed by atoms with Crippen LogP contribution in [0, 0.1) is 0 Å². The zero-order valence-corrected chi connectivity index (χ0v) is 30.5. The molecule has 238 valence electrons. The molecule has 0 spiro atoms. The molecular weight excluding hydrogens is 562 g/mol. The molecular formula is C36H68O4Zn. The number of carboxylic acid groups (broad SMARTS) is 2. The van der Waals surface area contributed by atoms with Crippen LogP contribution in [0.1, 0.15) is 194 Å². The normalized spacial score (nSPS) is 11.0. The molecule has 4 nitrogen and oxygen atoms in total. The Bertz CT molecular complexity index is 524. The molecule has 41 heavy (non-hydrogen) atoms. The molecule has 2 N–H and O–H groups in total. The second kappa shape index (κ2) is 41.2. The first kappa shape index (κ1) is 44.5. The zero-order chi connectivity index (χ0) is 29.8. The topological polar surface area (TPSA) is 74.6 Å². The van der Waals surface area contributed by atoms with E-state index in [4.69, 9.17) is 10.2 Å².